The molecule has 0 aliphatic carbocycles. The van der Waals surface area contributed by atoms with E-state index in [1.54, 1.807) is 27.7 Å². The summed E-state index contributed by atoms with van der Waals surface area (Å²) >= 11 is 0. The molecule has 13 N–H and O–H groups in total. The number of nitrogens with one attached hydrogen (secondary N) is 1. The van der Waals surface area contributed by atoms with Gasteiger partial charge in [0.15, 0.2) is 37.7 Å². The number of methoxy groups -OCH3 is 1. The predicted molar refractivity (Wildman–Crippen MR) is 220 cm³/mol. The summed E-state index contributed by atoms with van der Waals surface area (Å²) in [4.78, 5) is 24.7. The van der Waals surface area contributed by atoms with Crippen molar-refractivity contribution in [1.29, 1.82) is 0 Å². The number of hydrogen-bond donors (Lipinski definition) is 13. The quantitative estimate of drug-likeness (QED) is 0.0354. The number of aliphatic hydroxyl groups is 12. The third-order valence-electron chi connectivity index (χ3n) is 11.6. The maximum Gasteiger partial charge on any atom is 0.222 e. The van der Waals surface area contributed by atoms with Crippen LogP contribution in [0.4, 0.5) is 0 Å². The van der Waals surface area contributed by atoms with Crippen LogP contribution in [0.5, 0.6) is 0 Å². The number of ether oxygens (including phenoxy) is 11. The van der Waals surface area contributed by atoms with Crippen LogP contribution >= 0.6 is 0 Å². The number of amides is 1. The summed E-state index contributed by atoms with van der Waals surface area (Å²) in [6.45, 7) is 8.38. The van der Waals surface area contributed by atoms with Gasteiger partial charge in [-0.25, -0.2) is 0 Å². The van der Waals surface area contributed by atoms with Gasteiger partial charge < -0.3 is 123 Å². The van der Waals surface area contributed by atoms with E-state index < -0.39 is 185 Å². The normalized spacial score (nSPS) is 42.0. The third-order valence-corrected chi connectivity index (χ3v) is 11.6. The summed E-state index contributed by atoms with van der Waals surface area (Å²) in [5, 5.41) is 131. The Labute approximate surface area is 387 Å². The number of rotatable bonds is 22. The fraction of sp³-hybridized carbons (Fsp3) is 0.951. The van der Waals surface area contributed by atoms with Crippen molar-refractivity contribution in [3.05, 3.63) is 0 Å². The van der Waals surface area contributed by atoms with E-state index in [1.165, 1.54) is 27.9 Å². The first-order chi connectivity index (χ1) is 31.4. The van der Waals surface area contributed by atoms with Crippen LogP contribution in [0.1, 0.15) is 54.9 Å². The van der Waals surface area contributed by atoms with Gasteiger partial charge in [0, 0.05) is 13.0 Å². The second kappa shape index (κ2) is 25.6. The highest BCUT2D eigenvalue weighted by atomic mass is 16.8. The van der Waals surface area contributed by atoms with Crippen molar-refractivity contribution in [1.82, 2.24) is 5.32 Å². The molecule has 0 aromatic heterocycles. The first kappa shape index (κ1) is 57.8. The molecular weight excluding hydrogens is 906 g/mol. The summed E-state index contributed by atoms with van der Waals surface area (Å²) in [6, 6.07) is -1.16. The minimum atomic E-state index is -2.09. The molecule has 26 heteroatoms. The molecule has 67 heavy (non-hydrogen) atoms. The summed E-state index contributed by atoms with van der Waals surface area (Å²) in [6.07, 6.45) is -36.9. The van der Waals surface area contributed by atoms with Crippen molar-refractivity contribution < 1.29 is 123 Å². The highest BCUT2D eigenvalue weighted by Gasteiger charge is 2.56. The van der Waals surface area contributed by atoms with Gasteiger partial charge in [-0.1, -0.05) is 6.92 Å². The van der Waals surface area contributed by atoms with E-state index in [1.807, 2.05) is 0 Å². The van der Waals surface area contributed by atoms with Crippen LogP contribution in [-0.2, 0) is 61.7 Å². The zero-order valence-corrected chi connectivity index (χ0v) is 38.7. The zero-order valence-electron chi connectivity index (χ0n) is 38.7. The van der Waals surface area contributed by atoms with Gasteiger partial charge in [-0.15, -0.1) is 0 Å². The van der Waals surface area contributed by atoms with Gasteiger partial charge in [-0.05, 0) is 41.5 Å². The highest BCUT2D eigenvalue weighted by Crippen LogP contribution is 2.36. The lowest BCUT2D eigenvalue weighted by Crippen LogP contribution is -2.68. The van der Waals surface area contributed by atoms with Crippen LogP contribution in [0.25, 0.3) is 0 Å². The smallest absolute Gasteiger partial charge is 0.222 e. The lowest BCUT2D eigenvalue weighted by Gasteiger charge is -2.50. The number of carbonyl (C=O) groups excluding carboxylic acids is 2. The fourth-order valence-electron chi connectivity index (χ4n) is 8.01. The van der Waals surface area contributed by atoms with Crippen molar-refractivity contribution in [3.8, 4) is 0 Å². The minimum Gasteiger partial charge on any atom is -0.394 e. The molecule has 4 aliphatic rings. The molecule has 25 atom stereocenters. The van der Waals surface area contributed by atoms with Crippen molar-refractivity contribution in [3.63, 3.8) is 0 Å². The molecule has 4 fully saturated rings. The van der Waals surface area contributed by atoms with E-state index in [0.29, 0.717) is 0 Å². The Balaban J connectivity index is 1.49. The van der Waals surface area contributed by atoms with Gasteiger partial charge >= 0.3 is 0 Å². The van der Waals surface area contributed by atoms with Gasteiger partial charge in [0.25, 0.3) is 0 Å². The average Bonchev–Trinajstić information content (AvgIpc) is 3.26. The molecular formula is C41H73NO25. The molecule has 0 radical (unpaired) electrons. The summed E-state index contributed by atoms with van der Waals surface area (Å²) < 4.78 is 63.6. The molecule has 26 nitrogen and oxygen atoms in total. The summed E-state index contributed by atoms with van der Waals surface area (Å²) in [5.74, 6) is -1.25. The van der Waals surface area contributed by atoms with Crippen LogP contribution in [0, 0.1) is 5.92 Å². The molecule has 4 saturated heterocycles. The molecule has 392 valence electrons. The largest absolute Gasteiger partial charge is 0.394 e. The van der Waals surface area contributed by atoms with E-state index in [0.717, 1.165) is 0 Å². The first-order valence-corrected chi connectivity index (χ1v) is 22.2. The Morgan fingerprint density at radius 2 is 1.22 bits per heavy atom. The van der Waals surface area contributed by atoms with Gasteiger partial charge in [0.2, 0.25) is 5.91 Å². The Hall–Kier alpha value is -1.78. The number of aliphatic hydroxyl groups excluding tert-OH is 12. The van der Waals surface area contributed by atoms with Gasteiger partial charge in [0.1, 0.15) is 91.6 Å². The maximum absolute atomic E-state index is 12.5. The monoisotopic (exact) mass is 979 g/mol. The second-order valence-corrected chi connectivity index (χ2v) is 18.4. The van der Waals surface area contributed by atoms with Crippen molar-refractivity contribution in [2.75, 3.05) is 33.5 Å². The minimum absolute atomic E-state index is 0.187. The highest BCUT2D eigenvalue weighted by molar-refractivity contribution is 5.76. The standard InChI is InChI=1S/C41H73NO25/c1-15(36(57-8)60-19(10-43)17(3)48)14-58-37-29(54)26(51)32(20(11-44)61-37)65-40-31(56)35(34(22(13-46)63-40)67-41(5,6)7)66-39-30(55)27(52)33(21(12-45)62-39)64-38-28(53)25(50)24(18(4)59-38)42-23(49)9-16(2)47/h12,15-22,24-40,43-44,46-48,50-56H,9-11,13-14H2,1-8H3,(H,42,49)/t15-,16+,17-,18?,19?,20?,21?,22?,24+,25-,26?,27?,28?,29-,30-,31?,32+,33+,34+,35?,36+,37+,38+,39-,40-/m0/s1. The van der Waals surface area contributed by atoms with Gasteiger partial charge in [-0.2, -0.15) is 0 Å². The van der Waals surface area contributed by atoms with E-state index in [-0.39, 0.29) is 19.3 Å². The number of aldehydes is 1. The summed E-state index contributed by atoms with van der Waals surface area (Å²) in [5.41, 5.74) is -1.02. The molecule has 4 heterocycles. The summed E-state index contributed by atoms with van der Waals surface area (Å²) in [7, 11) is 1.33. The SMILES string of the molecule is CO[C@H](OC(CO)[C@H](C)O)[C@@H](C)CO[C@@H]1OC(CO)[C@@H](O[C@@H]2OC(CO)[C@@H](OC(C)(C)C)C(O[C@@H]3OC(C=O)[C@@H](O[C@H]4OC(C)[C@@H](NC(=O)C[C@@H](C)O)[C@H](O)C4O)C(O)[C@@H]3O)C2O)C(O)[C@@H]1O. The van der Waals surface area contributed by atoms with E-state index in [4.69, 9.17) is 52.1 Å². The molecule has 10 unspecified atom stereocenters. The average molecular weight is 980 g/mol. The third kappa shape index (κ3) is 14.7. The molecule has 0 spiro atoms. The van der Waals surface area contributed by atoms with E-state index in [9.17, 15) is 70.9 Å². The molecule has 0 aromatic rings. The molecule has 1 amide bonds. The second-order valence-electron chi connectivity index (χ2n) is 18.4. The maximum atomic E-state index is 12.5. The van der Waals surface area contributed by atoms with Crippen molar-refractivity contribution in [2.24, 2.45) is 5.92 Å². The lowest BCUT2D eigenvalue weighted by atomic mass is 9.94. The Morgan fingerprint density at radius 3 is 1.78 bits per heavy atom. The predicted octanol–water partition coefficient (Wildman–Crippen LogP) is -6.41. The topological polar surface area (TPSA) is 390 Å². The van der Waals surface area contributed by atoms with Crippen LogP contribution in [0.3, 0.4) is 0 Å². The fourth-order valence-corrected chi connectivity index (χ4v) is 8.01. The Kier molecular flexibility index (Phi) is 22.0. The molecule has 0 saturated carbocycles. The molecule has 0 aromatic carbocycles. The first-order valence-electron chi connectivity index (χ1n) is 22.2. The van der Waals surface area contributed by atoms with E-state index in [2.05, 4.69) is 5.32 Å². The van der Waals surface area contributed by atoms with Crippen molar-refractivity contribution in [2.45, 2.75) is 208 Å². The van der Waals surface area contributed by atoms with E-state index >= 15 is 0 Å². The van der Waals surface area contributed by atoms with Gasteiger partial charge in [-0.3, -0.25) is 4.79 Å². The lowest BCUT2D eigenvalue weighted by molar-refractivity contribution is -0.389. The zero-order chi connectivity index (χ0) is 50.2. The number of hydrogen-bond acceptors (Lipinski definition) is 25. The van der Waals surface area contributed by atoms with Crippen LogP contribution in [0.2, 0.25) is 0 Å². The number of carbonyl (C=O) groups is 2. The molecule has 0 bridgehead atoms. The Bertz CT molecular complexity index is 1490. The van der Waals surface area contributed by atoms with Crippen LogP contribution < -0.4 is 5.32 Å². The molecule has 4 aliphatic heterocycles. The molecule has 4 rings (SSSR count). The van der Waals surface area contributed by atoms with Crippen LogP contribution in [0.15, 0.2) is 0 Å². The van der Waals surface area contributed by atoms with Crippen molar-refractivity contribution >= 4 is 12.2 Å². The Morgan fingerprint density at radius 1 is 0.701 bits per heavy atom. The van der Waals surface area contributed by atoms with Crippen LogP contribution in [-0.4, -0.2) is 260 Å². The van der Waals surface area contributed by atoms with Gasteiger partial charge in [0.05, 0.1) is 62.8 Å².